The molecule has 1 aliphatic rings. The first kappa shape index (κ1) is 14.2. The molecule has 0 bridgehead atoms. The third kappa shape index (κ3) is 3.03. The van der Waals surface area contributed by atoms with Gasteiger partial charge >= 0.3 is 0 Å². The van der Waals surface area contributed by atoms with E-state index >= 15 is 0 Å². The fourth-order valence-electron chi connectivity index (χ4n) is 1.78. The van der Waals surface area contributed by atoms with Gasteiger partial charge < -0.3 is 0 Å². The molecule has 1 aromatic rings. The predicted octanol–water partition coefficient (Wildman–Crippen LogP) is 4.29. The van der Waals surface area contributed by atoms with Crippen LogP contribution in [0.5, 0.6) is 0 Å². The summed E-state index contributed by atoms with van der Waals surface area (Å²) < 4.78 is 13.2. The lowest BCUT2D eigenvalue weighted by Crippen LogP contribution is -2.31. The molecule has 0 radical (unpaired) electrons. The lowest BCUT2D eigenvalue weighted by Gasteiger charge is -2.30. The number of ketones is 1. The molecule has 1 fully saturated rings. The van der Waals surface area contributed by atoms with Gasteiger partial charge in [-0.15, -0.1) is 11.8 Å². The van der Waals surface area contributed by atoms with Crippen molar-refractivity contribution in [2.75, 3.05) is 5.75 Å². The van der Waals surface area contributed by atoms with Gasteiger partial charge in [0.2, 0.25) is 0 Å². The molecule has 1 aromatic carbocycles. The smallest absolute Gasteiger partial charge is 0.178 e. The maximum Gasteiger partial charge on any atom is 0.178 e. The summed E-state index contributed by atoms with van der Waals surface area (Å²) >= 11 is 9.42. The van der Waals surface area contributed by atoms with E-state index < -0.39 is 5.82 Å². The van der Waals surface area contributed by atoms with Crippen molar-refractivity contribution in [2.24, 2.45) is 0 Å². The summed E-state index contributed by atoms with van der Waals surface area (Å²) in [6.07, 6.45) is 0. The molecule has 1 saturated heterocycles. The molecule has 0 spiro atoms. The van der Waals surface area contributed by atoms with E-state index in [0.29, 0.717) is 21.1 Å². The van der Waals surface area contributed by atoms with Crippen molar-refractivity contribution in [3.8, 4) is 0 Å². The topological polar surface area (TPSA) is 17.1 Å². The summed E-state index contributed by atoms with van der Waals surface area (Å²) in [5.74, 6) is 0.287. The minimum atomic E-state index is -0.419. The quantitative estimate of drug-likeness (QED) is 0.759. The Labute approximate surface area is 120 Å². The van der Waals surface area contributed by atoms with E-state index in [2.05, 4.69) is 13.8 Å². The average Bonchev–Trinajstić information content (AvgIpc) is 2.35. The van der Waals surface area contributed by atoms with Crippen molar-refractivity contribution in [3.63, 3.8) is 0 Å². The molecule has 1 nitrogen and oxygen atoms in total. The van der Waals surface area contributed by atoms with Crippen molar-refractivity contribution >= 4 is 40.9 Å². The second-order valence-electron chi connectivity index (χ2n) is 4.36. The highest BCUT2D eigenvalue weighted by atomic mass is 35.5. The molecule has 0 aromatic heterocycles. The number of hydrogen-bond acceptors (Lipinski definition) is 3. The minimum Gasteiger partial charge on any atom is -0.293 e. The van der Waals surface area contributed by atoms with Gasteiger partial charge in [0.05, 0.1) is 10.3 Å². The number of benzene rings is 1. The van der Waals surface area contributed by atoms with E-state index in [9.17, 15) is 9.18 Å². The van der Waals surface area contributed by atoms with E-state index in [1.165, 1.54) is 18.2 Å². The zero-order chi connectivity index (χ0) is 13.3. The highest BCUT2D eigenvalue weighted by Crippen LogP contribution is 2.37. The lowest BCUT2D eigenvalue weighted by atomic mass is 10.1. The Hall–Kier alpha value is -0.190. The van der Waals surface area contributed by atoms with Crippen molar-refractivity contribution in [2.45, 2.75) is 29.6 Å². The molecule has 1 aliphatic heterocycles. The maximum absolute atomic E-state index is 13.2. The van der Waals surface area contributed by atoms with Gasteiger partial charge in [-0.3, -0.25) is 4.79 Å². The molecule has 0 saturated carbocycles. The number of hydrogen-bond donors (Lipinski definition) is 0. The first-order valence-electron chi connectivity index (χ1n) is 5.75. The third-order valence-corrected chi connectivity index (χ3v) is 6.76. The van der Waals surface area contributed by atoms with E-state index in [1.807, 2.05) is 0 Å². The number of carbonyl (C=O) groups excluding carboxylic acids is 1. The summed E-state index contributed by atoms with van der Waals surface area (Å²) in [7, 11) is 0. The number of thioether (sulfide) groups is 2. The van der Waals surface area contributed by atoms with Crippen LogP contribution in [0.15, 0.2) is 18.2 Å². The Bertz CT molecular complexity index is 466. The number of halogens is 2. The molecule has 98 valence electrons. The molecular weight excluding hydrogens is 291 g/mol. The number of Topliss-reactive ketones (excluding diaryl/α,β-unsaturated/α-hetero) is 1. The van der Waals surface area contributed by atoms with Gasteiger partial charge in [0.15, 0.2) is 5.78 Å². The van der Waals surface area contributed by atoms with E-state index in [1.54, 1.807) is 23.5 Å². The standard InChI is InChI=1S/C13H14ClFOS2/c1-7-8(2)18-12(6-17-7)13(16)10-5-9(15)3-4-11(10)14/h3-5,7-8,12H,6H2,1-2H3. The first-order valence-corrected chi connectivity index (χ1v) is 8.12. The van der Waals surface area contributed by atoms with Crippen molar-refractivity contribution in [1.29, 1.82) is 0 Å². The van der Waals surface area contributed by atoms with Crippen LogP contribution in [0.2, 0.25) is 5.02 Å². The molecule has 0 N–H and O–H groups in total. The zero-order valence-electron chi connectivity index (χ0n) is 10.2. The van der Waals surface area contributed by atoms with Gasteiger partial charge in [0.1, 0.15) is 5.82 Å². The van der Waals surface area contributed by atoms with Crippen LogP contribution in [-0.2, 0) is 0 Å². The highest BCUT2D eigenvalue weighted by molar-refractivity contribution is 8.08. The zero-order valence-corrected chi connectivity index (χ0v) is 12.5. The summed E-state index contributed by atoms with van der Waals surface area (Å²) in [5.41, 5.74) is 0.302. The summed E-state index contributed by atoms with van der Waals surface area (Å²) in [6, 6.07) is 3.95. The largest absolute Gasteiger partial charge is 0.293 e. The van der Waals surface area contributed by atoms with E-state index in [4.69, 9.17) is 11.6 Å². The van der Waals surface area contributed by atoms with Crippen LogP contribution in [-0.4, -0.2) is 27.3 Å². The molecule has 1 heterocycles. The van der Waals surface area contributed by atoms with E-state index in [0.717, 1.165) is 5.75 Å². The number of rotatable bonds is 2. The summed E-state index contributed by atoms with van der Waals surface area (Å²) in [5, 5.41) is 1.17. The maximum atomic E-state index is 13.2. The molecule has 5 heteroatoms. The van der Waals surface area contributed by atoms with Crippen LogP contribution >= 0.6 is 35.1 Å². The lowest BCUT2D eigenvalue weighted by molar-refractivity contribution is 0.0994. The normalized spacial score (nSPS) is 28.1. The van der Waals surface area contributed by atoms with Crippen molar-refractivity contribution < 1.29 is 9.18 Å². The van der Waals surface area contributed by atoms with Crippen LogP contribution in [0, 0.1) is 5.82 Å². The van der Waals surface area contributed by atoms with E-state index in [-0.39, 0.29) is 11.0 Å². The second kappa shape index (κ2) is 5.85. The fraction of sp³-hybridized carbons (Fsp3) is 0.462. The first-order chi connectivity index (χ1) is 8.49. The Morgan fingerprint density at radius 3 is 2.78 bits per heavy atom. The Balaban J connectivity index is 2.19. The van der Waals surface area contributed by atoms with Gasteiger partial charge in [-0.05, 0) is 18.2 Å². The summed E-state index contributed by atoms with van der Waals surface area (Å²) in [4.78, 5) is 12.3. The fourth-order valence-corrected chi connectivity index (χ4v) is 4.86. The molecule has 3 atom stereocenters. The molecule has 18 heavy (non-hydrogen) atoms. The Kier molecular flexibility index (Phi) is 4.62. The monoisotopic (exact) mass is 304 g/mol. The van der Waals surface area contributed by atoms with Gasteiger partial charge in [0.25, 0.3) is 0 Å². The molecule has 2 rings (SSSR count). The van der Waals surface area contributed by atoms with Gasteiger partial charge in [-0.25, -0.2) is 4.39 Å². The Morgan fingerprint density at radius 2 is 2.11 bits per heavy atom. The molecule has 0 aliphatic carbocycles. The SMILES string of the molecule is CC1SCC(C(=O)c2cc(F)ccc2Cl)SC1C. The molecular formula is C13H14ClFOS2. The van der Waals surface area contributed by atoms with Gasteiger partial charge in [0, 0.05) is 21.8 Å². The average molecular weight is 305 g/mol. The molecule has 0 amide bonds. The predicted molar refractivity (Wildman–Crippen MR) is 78.5 cm³/mol. The van der Waals surface area contributed by atoms with Crippen LogP contribution < -0.4 is 0 Å². The van der Waals surface area contributed by atoms with Crippen LogP contribution in [0.1, 0.15) is 24.2 Å². The summed E-state index contributed by atoms with van der Waals surface area (Å²) in [6.45, 7) is 4.28. The third-order valence-electron chi connectivity index (χ3n) is 3.04. The Morgan fingerprint density at radius 1 is 1.39 bits per heavy atom. The highest BCUT2D eigenvalue weighted by Gasteiger charge is 2.31. The van der Waals surface area contributed by atoms with Gasteiger partial charge in [-0.2, -0.15) is 11.8 Å². The van der Waals surface area contributed by atoms with Crippen molar-refractivity contribution in [1.82, 2.24) is 0 Å². The van der Waals surface area contributed by atoms with Crippen molar-refractivity contribution in [3.05, 3.63) is 34.6 Å². The van der Waals surface area contributed by atoms with Gasteiger partial charge in [-0.1, -0.05) is 25.4 Å². The van der Waals surface area contributed by atoms with Crippen LogP contribution in [0.25, 0.3) is 0 Å². The second-order valence-corrected chi connectivity index (χ2v) is 7.76. The minimum absolute atomic E-state index is 0.0595. The van der Waals surface area contributed by atoms with Crippen LogP contribution in [0.3, 0.4) is 0 Å². The number of carbonyl (C=O) groups is 1. The molecule has 3 unspecified atom stereocenters. The van der Waals surface area contributed by atoms with Crippen LogP contribution in [0.4, 0.5) is 4.39 Å².